The van der Waals surface area contributed by atoms with Gasteiger partial charge >= 0.3 is 5.69 Å². The van der Waals surface area contributed by atoms with E-state index in [-0.39, 0.29) is 28.4 Å². The molecule has 0 saturated heterocycles. The van der Waals surface area contributed by atoms with E-state index in [1.165, 1.54) is 25.7 Å². The van der Waals surface area contributed by atoms with E-state index in [0.29, 0.717) is 10.2 Å². The lowest BCUT2D eigenvalue weighted by Gasteiger charge is -2.16. The van der Waals surface area contributed by atoms with Gasteiger partial charge in [0.25, 0.3) is 5.56 Å². The topological polar surface area (TPSA) is 105 Å². The summed E-state index contributed by atoms with van der Waals surface area (Å²) in [6, 6.07) is 0. The van der Waals surface area contributed by atoms with Crippen LogP contribution in [0.1, 0.15) is 24.3 Å². The third-order valence-corrected chi connectivity index (χ3v) is 4.29. The zero-order valence-electron chi connectivity index (χ0n) is 13.3. The van der Waals surface area contributed by atoms with Gasteiger partial charge in [0.1, 0.15) is 5.52 Å². The van der Waals surface area contributed by atoms with Crippen LogP contribution in [0, 0.1) is 5.82 Å². The van der Waals surface area contributed by atoms with Crippen LogP contribution in [-0.2, 0) is 0 Å². The van der Waals surface area contributed by atoms with Crippen molar-refractivity contribution in [3.05, 3.63) is 57.0 Å². The SMILES string of the molecule is COc1c(-c2cnccn2)c(F)cn2c(=O)n(N)c(=O)c(C3CC3)c12. The minimum absolute atomic E-state index is 0.0352. The molecule has 3 aromatic heterocycles. The van der Waals surface area contributed by atoms with Crippen LogP contribution in [0.2, 0.25) is 0 Å². The lowest BCUT2D eigenvalue weighted by Crippen LogP contribution is -2.44. The van der Waals surface area contributed by atoms with Crippen LogP contribution in [-0.4, -0.2) is 26.2 Å². The van der Waals surface area contributed by atoms with Crippen molar-refractivity contribution in [2.45, 2.75) is 18.8 Å². The number of rotatable bonds is 3. The number of aromatic nitrogens is 4. The number of fused-ring (bicyclic) bond motifs is 1. The third kappa shape index (κ3) is 2.19. The molecule has 0 aromatic carbocycles. The van der Waals surface area contributed by atoms with Gasteiger partial charge in [-0.3, -0.25) is 19.2 Å². The van der Waals surface area contributed by atoms with Gasteiger partial charge in [0.15, 0.2) is 11.6 Å². The second-order valence-corrected chi connectivity index (χ2v) is 5.84. The van der Waals surface area contributed by atoms with Crippen LogP contribution in [0.25, 0.3) is 16.8 Å². The van der Waals surface area contributed by atoms with Gasteiger partial charge < -0.3 is 10.6 Å². The molecule has 2 N–H and O–H groups in total. The molecule has 25 heavy (non-hydrogen) atoms. The lowest BCUT2D eigenvalue weighted by molar-refractivity contribution is 0.414. The van der Waals surface area contributed by atoms with Crippen LogP contribution in [0.3, 0.4) is 0 Å². The summed E-state index contributed by atoms with van der Waals surface area (Å²) in [5.74, 6) is 4.89. The molecule has 3 aromatic rings. The van der Waals surface area contributed by atoms with Gasteiger partial charge in [-0.2, -0.15) is 4.68 Å². The summed E-state index contributed by atoms with van der Waals surface area (Å²) in [5, 5.41) is 0. The predicted molar refractivity (Wildman–Crippen MR) is 87.6 cm³/mol. The largest absolute Gasteiger partial charge is 0.494 e. The molecule has 3 heterocycles. The first kappa shape index (κ1) is 15.3. The lowest BCUT2D eigenvalue weighted by atomic mass is 10.1. The molecule has 1 saturated carbocycles. The Labute approximate surface area is 140 Å². The summed E-state index contributed by atoms with van der Waals surface area (Å²) in [5.41, 5.74) is -0.570. The predicted octanol–water partition coefficient (Wildman–Crippen LogP) is 0.657. The van der Waals surface area contributed by atoms with Crippen molar-refractivity contribution in [3.8, 4) is 17.0 Å². The van der Waals surface area contributed by atoms with Crippen LogP contribution < -0.4 is 21.8 Å². The number of methoxy groups -OCH3 is 1. The van der Waals surface area contributed by atoms with Crippen molar-refractivity contribution in [2.24, 2.45) is 0 Å². The third-order valence-electron chi connectivity index (χ3n) is 4.29. The highest BCUT2D eigenvalue weighted by Gasteiger charge is 2.33. The van der Waals surface area contributed by atoms with Crippen LogP contribution in [0.15, 0.2) is 34.4 Å². The van der Waals surface area contributed by atoms with Crippen molar-refractivity contribution in [1.82, 2.24) is 19.0 Å². The summed E-state index contributed by atoms with van der Waals surface area (Å²) in [7, 11) is 1.35. The highest BCUT2D eigenvalue weighted by atomic mass is 19.1. The van der Waals surface area contributed by atoms with Gasteiger partial charge in [-0.05, 0) is 18.8 Å². The van der Waals surface area contributed by atoms with E-state index in [1.807, 2.05) is 0 Å². The minimum Gasteiger partial charge on any atom is -0.494 e. The highest BCUT2D eigenvalue weighted by molar-refractivity contribution is 5.80. The molecular weight excluding hydrogens is 329 g/mol. The molecule has 128 valence electrons. The summed E-state index contributed by atoms with van der Waals surface area (Å²) in [6.07, 6.45) is 6.86. The summed E-state index contributed by atoms with van der Waals surface area (Å²) in [4.78, 5) is 32.9. The minimum atomic E-state index is -0.840. The summed E-state index contributed by atoms with van der Waals surface area (Å²) in [6.45, 7) is 0. The number of ether oxygens (including phenoxy) is 1. The average molecular weight is 343 g/mol. The van der Waals surface area contributed by atoms with Crippen molar-refractivity contribution >= 4 is 5.52 Å². The Morgan fingerprint density at radius 3 is 2.68 bits per heavy atom. The average Bonchev–Trinajstić information content (AvgIpc) is 3.45. The number of nitrogens with zero attached hydrogens (tertiary/aromatic N) is 4. The van der Waals surface area contributed by atoms with Gasteiger partial charge in [0.05, 0.1) is 36.3 Å². The fourth-order valence-corrected chi connectivity index (χ4v) is 3.02. The fourth-order valence-electron chi connectivity index (χ4n) is 3.02. The first-order chi connectivity index (χ1) is 12.0. The Morgan fingerprint density at radius 2 is 2.08 bits per heavy atom. The van der Waals surface area contributed by atoms with Gasteiger partial charge in [0, 0.05) is 12.4 Å². The van der Waals surface area contributed by atoms with Crippen molar-refractivity contribution < 1.29 is 9.13 Å². The van der Waals surface area contributed by atoms with Crippen LogP contribution >= 0.6 is 0 Å². The smallest absolute Gasteiger partial charge is 0.354 e. The number of hydrogen-bond donors (Lipinski definition) is 1. The zero-order chi connectivity index (χ0) is 17.7. The number of nitrogen functional groups attached to an aromatic ring is 1. The molecule has 8 nitrogen and oxygen atoms in total. The number of pyridine rings is 1. The van der Waals surface area contributed by atoms with E-state index >= 15 is 0 Å². The van der Waals surface area contributed by atoms with Crippen LogP contribution in [0.4, 0.5) is 4.39 Å². The molecule has 1 aliphatic carbocycles. The molecule has 1 fully saturated rings. The molecule has 0 spiro atoms. The molecule has 0 bridgehead atoms. The van der Waals surface area contributed by atoms with E-state index < -0.39 is 17.1 Å². The van der Waals surface area contributed by atoms with Crippen molar-refractivity contribution in [1.29, 1.82) is 0 Å². The molecule has 0 atom stereocenters. The monoisotopic (exact) mass is 343 g/mol. The van der Waals surface area contributed by atoms with Gasteiger partial charge in [-0.1, -0.05) is 0 Å². The molecule has 1 aliphatic rings. The highest BCUT2D eigenvalue weighted by Crippen LogP contribution is 2.44. The maximum atomic E-state index is 14.8. The Morgan fingerprint density at radius 1 is 1.32 bits per heavy atom. The molecule has 0 amide bonds. The molecule has 0 aliphatic heterocycles. The zero-order valence-corrected chi connectivity index (χ0v) is 13.3. The first-order valence-corrected chi connectivity index (χ1v) is 7.63. The maximum Gasteiger partial charge on any atom is 0.354 e. The Balaban J connectivity index is 2.23. The van der Waals surface area contributed by atoms with E-state index in [2.05, 4.69) is 9.97 Å². The summed E-state index contributed by atoms with van der Waals surface area (Å²) >= 11 is 0. The molecular formula is C16H14FN5O3. The summed E-state index contributed by atoms with van der Waals surface area (Å²) < 4.78 is 21.7. The number of nitrogens with two attached hydrogens (primary N) is 1. The Kier molecular flexibility index (Phi) is 3.31. The quantitative estimate of drug-likeness (QED) is 0.701. The molecule has 0 unspecified atom stereocenters. The Hall–Kier alpha value is -3.23. The van der Waals surface area contributed by atoms with Crippen molar-refractivity contribution in [2.75, 3.05) is 13.0 Å². The van der Waals surface area contributed by atoms with Gasteiger partial charge in [-0.25, -0.2) is 9.18 Å². The van der Waals surface area contributed by atoms with E-state index in [9.17, 15) is 14.0 Å². The normalized spacial score (nSPS) is 14.0. The number of hydrogen-bond acceptors (Lipinski definition) is 6. The van der Waals surface area contributed by atoms with Crippen LogP contribution in [0.5, 0.6) is 5.75 Å². The van der Waals surface area contributed by atoms with Crippen molar-refractivity contribution in [3.63, 3.8) is 0 Å². The standard InChI is InChI=1S/C16H14FN5O3/c1-25-14-12(10-6-19-4-5-20-10)9(17)7-21-13(14)11(8-2-3-8)15(23)22(18)16(21)24/h4-8H,2-3,18H2,1H3. The number of halogens is 1. The molecule has 0 radical (unpaired) electrons. The molecule has 4 rings (SSSR count). The maximum absolute atomic E-state index is 14.8. The van der Waals surface area contributed by atoms with E-state index in [1.54, 1.807) is 0 Å². The van der Waals surface area contributed by atoms with Gasteiger partial charge in [0.2, 0.25) is 0 Å². The van der Waals surface area contributed by atoms with Gasteiger partial charge in [-0.15, -0.1) is 0 Å². The molecule has 9 heteroatoms. The fraction of sp³-hybridized carbons (Fsp3) is 0.250. The van der Waals surface area contributed by atoms with E-state index in [0.717, 1.165) is 23.4 Å². The second-order valence-electron chi connectivity index (χ2n) is 5.84. The first-order valence-electron chi connectivity index (χ1n) is 7.63. The Bertz CT molecular complexity index is 1100. The van der Waals surface area contributed by atoms with E-state index in [4.69, 9.17) is 10.6 Å². The second kappa shape index (κ2) is 5.40.